The molecule has 30 heavy (non-hydrogen) atoms. The average Bonchev–Trinajstić information content (AvgIpc) is 2.64. The SMILES string of the molecule is CC(C)C(NC(=O)C(CCC(N)=O)NC(=O)CN)C(=O)NC(CCC(N)=O)C(=O)O. The standard InChI is InChI=1S/C17H30N6O7/c1-8(2)14(16(28)22-10(17(29)30)4-6-12(20)25)23-15(27)9(3-5-11(19)24)21-13(26)7-18/h8-10,14H,3-7,18H2,1-2H3,(H2,19,24)(H2,20,25)(H,21,26)(H,22,28)(H,23,27)(H,29,30). The van der Waals surface area contributed by atoms with Gasteiger partial charge in [0.1, 0.15) is 18.1 Å². The van der Waals surface area contributed by atoms with Crippen LogP contribution in [-0.4, -0.2) is 65.3 Å². The van der Waals surface area contributed by atoms with Crippen LogP contribution < -0.4 is 33.2 Å². The molecular formula is C17H30N6O7. The van der Waals surface area contributed by atoms with Crippen LogP contribution in [0.3, 0.4) is 0 Å². The molecule has 170 valence electrons. The van der Waals surface area contributed by atoms with E-state index in [-0.39, 0.29) is 25.7 Å². The number of aliphatic carboxylic acids is 1. The molecule has 0 spiro atoms. The van der Waals surface area contributed by atoms with Gasteiger partial charge in [-0.1, -0.05) is 13.8 Å². The highest BCUT2D eigenvalue weighted by atomic mass is 16.4. The minimum atomic E-state index is -1.38. The molecule has 0 aromatic rings. The zero-order chi connectivity index (χ0) is 23.4. The normalized spacial score (nSPS) is 13.6. The monoisotopic (exact) mass is 430 g/mol. The topological polar surface area (TPSA) is 237 Å². The third kappa shape index (κ3) is 10.4. The Morgan fingerprint density at radius 2 is 1.30 bits per heavy atom. The quantitative estimate of drug-likeness (QED) is 0.147. The predicted octanol–water partition coefficient (Wildman–Crippen LogP) is -3.33. The Hall–Kier alpha value is -3.22. The van der Waals surface area contributed by atoms with Crippen molar-refractivity contribution < 1.29 is 33.9 Å². The highest BCUT2D eigenvalue weighted by Crippen LogP contribution is 2.07. The molecule has 0 radical (unpaired) electrons. The maximum absolute atomic E-state index is 12.6. The molecule has 13 heteroatoms. The third-order valence-electron chi connectivity index (χ3n) is 4.06. The van der Waals surface area contributed by atoms with Crippen LogP contribution in [0.4, 0.5) is 0 Å². The smallest absolute Gasteiger partial charge is 0.326 e. The molecule has 0 saturated carbocycles. The van der Waals surface area contributed by atoms with Crippen LogP contribution in [0.5, 0.6) is 0 Å². The van der Waals surface area contributed by atoms with E-state index in [1.165, 1.54) is 0 Å². The van der Waals surface area contributed by atoms with Crippen molar-refractivity contribution in [1.82, 2.24) is 16.0 Å². The van der Waals surface area contributed by atoms with Gasteiger partial charge in [0.2, 0.25) is 29.5 Å². The number of nitrogens with two attached hydrogens (primary N) is 3. The molecule has 0 saturated heterocycles. The van der Waals surface area contributed by atoms with E-state index >= 15 is 0 Å². The number of primary amides is 2. The van der Waals surface area contributed by atoms with E-state index in [4.69, 9.17) is 17.2 Å². The minimum absolute atomic E-state index is 0.115. The Labute approximate surface area is 173 Å². The molecule has 0 aliphatic rings. The van der Waals surface area contributed by atoms with Crippen LogP contribution in [0.2, 0.25) is 0 Å². The summed E-state index contributed by atoms with van der Waals surface area (Å²) in [5.74, 6) is -5.45. The van der Waals surface area contributed by atoms with Crippen molar-refractivity contribution in [2.75, 3.05) is 6.54 Å². The molecule has 0 aliphatic carbocycles. The summed E-state index contributed by atoms with van der Waals surface area (Å²) in [6.07, 6.45) is -0.787. The summed E-state index contributed by atoms with van der Waals surface area (Å²) in [5, 5.41) is 16.2. The number of amides is 5. The molecule has 13 nitrogen and oxygen atoms in total. The van der Waals surface area contributed by atoms with E-state index in [1.54, 1.807) is 13.8 Å². The average molecular weight is 430 g/mol. The predicted molar refractivity (Wildman–Crippen MR) is 104 cm³/mol. The van der Waals surface area contributed by atoms with Gasteiger partial charge in [-0.25, -0.2) is 4.79 Å². The summed E-state index contributed by atoms with van der Waals surface area (Å²) >= 11 is 0. The van der Waals surface area contributed by atoms with E-state index in [1.807, 2.05) is 0 Å². The van der Waals surface area contributed by atoms with E-state index in [0.29, 0.717) is 0 Å². The maximum Gasteiger partial charge on any atom is 0.326 e. The van der Waals surface area contributed by atoms with E-state index in [9.17, 15) is 33.9 Å². The molecule has 0 heterocycles. The molecule has 0 rings (SSSR count). The Bertz CT molecular complexity index is 667. The Morgan fingerprint density at radius 1 is 0.800 bits per heavy atom. The van der Waals surface area contributed by atoms with Crippen molar-refractivity contribution in [2.45, 2.75) is 57.7 Å². The summed E-state index contributed by atoms with van der Waals surface area (Å²) in [4.78, 5) is 69.9. The molecule has 3 atom stereocenters. The first kappa shape index (κ1) is 26.8. The zero-order valence-corrected chi connectivity index (χ0v) is 17.0. The minimum Gasteiger partial charge on any atom is -0.480 e. The van der Waals surface area contributed by atoms with Crippen molar-refractivity contribution in [1.29, 1.82) is 0 Å². The van der Waals surface area contributed by atoms with Crippen molar-refractivity contribution in [3.8, 4) is 0 Å². The molecule has 0 fully saturated rings. The summed E-state index contributed by atoms with van der Waals surface area (Å²) in [7, 11) is 0. The lowest BCUT2D eigenvalue weighted by atomic mass is 10.0. The Balaban J connectivity index is 5.30. The second-order valence-electron chi connectivity index (χ2n) is 6.96. The molecule has 5 amide bonds. The molecule has 10 N–H and O–H groups in total. The highest BCUT2D eigenvalue weighted by molar-refractivity contribution is 5.94. The second-order valence-corrected chi connectivity index (χ2v) is 6.96. The number of rotatable bonds is 14. The van der Waals surface area contributed by atoms with Gasteiger partial charge < -0.3 is 38.3 Å². The van der Waals surface area contributed by atoms with E-state index in [0.717, 1.165) is 0 Å². The zero-order valence-electron chi connectivity index (χ0n) is 17.0. The Kier molecular flexibility index (Phi) is 11.7. The van der Waals surface area contributed by atoms with Gasteiger partial charge >= 0.3 is 5.97 Å². The first-order valence-corrected chi connectivity index (χ1v) is 9.28. The fourth-order valence-electron chi connectivity index (χ4n) is 2.40. The van der Waals surface area contributed by atoms with Gasteiger partial charge in [0.05, 0.1) is 6.54 Å². The molecule has 0 aliphatic heterocycles. The second kappa shape index (κ2) is 13.1. The van der Waals surface area contributed by atoms with Crippen LogP contribution in [-0.2, 0) is 28.8 Å². The first-order valence-electron chi connectivity index (χ1n) is 9.28. The first-order chi connectivity index (χ1) is 13.9. The lowest BCUT2D eigenvalue weighted by molar-refractivity contribution is -0.143. The number of nitrogens with one attached hydrogen (secondary N) is 3. The number of carbonyl (C=O) groups is 6. The van der Waals surface area contributed by atoms with Crippen LogP contribution in [0.25, 0.3) is 0 Å². The summed E-state index contributed by atoms with van der Waals surface area (Å²) in [6, 6.07) is -3.71. The van der Waals surface area contributed by atoms with Crippen molar-refractivity contribution in [3.05, 3.63) is 0 Å². The number of hydrogen-bond donors (Lipinski definition) is 7. The largest absolute Gasteiger partial charge is 0.480 e. The van der Waals surface area contributed by atoms with E-state index in [2.05, 4.69) is 16.0 Å². The summed E-state index contributed by atoms with van der Waals surface area (Å²) < 4.78 is 0. The van der Waals surface area contributed by atoms with Crippen molar-refractivity contribution in [2.24, 2.45) is 23.1 Å². The lowest BCUT2D eigenvalue weighted by Crippen LogP contribution is -2.57. The van der Waals surface area contributed by atoms with Gasteiger partial charge in [-0.3, -0.25) is 24.0 Å². The van der Waals surface area contributed by atoms with Gasteiger partial charge in [-0.2, -0.15) is 0 Å². The number of carboxylic acid groups (broad SMARTS) is 1. The highest BCUT2D eigenvalue weighted by Gasteiger charge is 2.31. The molecule has 3 unspecified atom stereocenters. The van der Waals surface area contributed by atoms with Crippen molar-refractivity contribution >= 4 is 35.5 Å². The molecule has 0 aromatic heterocycles. The van der Waals surface area contributed by atoms with Crippen molar-refractivity contribution in [3.63, 3.8) is 0 Å². The summed E-state index contributed by atoms with van der Waals surface area (Å²) in [5.41, 5.74) is 15.3. The lowest BCUT2D eigenvalue weighted by Gasteiger charge is -2.26. The molecule has 0 bridgehead atoms. The van der Waals surface area contributed by atoms with Gasteiger partial charge in [0.15, 0.2) is 0 Å². The van der Waals surface area contributed by atoms with Gasteiger partial charge in [0.25, 0.3) is 0 Å². The van der Waals surface area contributed by atoms with Crippen LogP contribution in [0, 0.1) is 5.92 Å². The van der Waals surface area contributed by atoms with Crippen LogP contribution in [0.1, 0.15) is 39.5 Å². The number of carbonyl (C=O) groups excluding carboxylic acids is 5. The molecular weight excluding hydrogens is 400 g/mol. The van der Waals surface area contributed by atoms with Gasteiger partial charge in [0, 0.05) is 12.8 Å². The third-order valence-corrected chi connectivity index (χ3v) is 4.06. The fourth-order valence-corrected chi connectivity index (χ4v) is 2.40. The fraction of sp³-hybridized carbons (Fsp3) is 0.647. The van der Waals surface area contributed by atoms with Gasteiger partial charge in [-0.15, -0.1) is 0 Å². The molecule has 0 aromatic carbocycles. The Morgan fingerprint density at radius 3 is 1.70 bits per heavy atom. The van der Waals surface area contributed by atoms with Crippen LogP contribution >= 0.6 is 0 Å². The van der Waals surface area contributed by atoms with E-state index < -0.39 is 66.1 Å². The van der Waals surface area contributed by atoms with Crippen LogP contribution in [0.15, 0.2) is 0 Å². The number of hydrogen-bond acceptors (Lipinski definition) is 7. The summed E-state index contributed by atoms with van der Waals surface area (Å²) in [6.45, 7) is 2.83. The number of carboxylic acids is 1. The van der Waals surface area contributed by atoms with Gasteiger partial charge in [-0.05, 0) is 18.8 Å². The maximum atomic E-state index is 12.6.